The minimum absolute atomic E-state index is 0.118. The fraction of sp³-hybridized carbons (Fsp3) is 0.696. The lowest BCUT2D eigenvalue weighted by Gasteiger charge is -2.38. The van der Waals surface area contributed by atoms with Crippen molar-refractivity contribution in [3.05, 3.63) is 35.4 Å². The summed E-state index contributed by atoms with van der Waals surface area (Å²) in [4.78, 5) is 20.0. The molecule has 1 unspecified atom stereocenters. The third kappa shape index (κ3) is 5.24. The number of sulfone groups is 1. The van der Waals surface area contributed by atoms with Crippen LogP contribution < -0.4 is 0 Å². The van der Waals surface area contributed by atoms with Crippen LogP contribution in [0.3, 0.4) is 0 Å². The highest BCUT2D eigenvalue weighted by molar-refractivity contribution is 7.91. The maximum absolute atomic E-state index is 13.3. The molecule has 1 aromatic carbocycles. The van der Waals surface area contributed by atoms with Gasteiger partial charge in [0.2, 0.25) is 5.91 Å². The van der Waals surface area contributed by atoms with E-state index in [1.165, 1.54) is 11.1 Å². The Bertz CT molecular complexity index is 843. The average molecular weight is 434 g/mol. The van der Waals surface area contributed by atoms with Crippen molar-refractivity contribution in [3.8, 4) is 0 Å². The highest BCUT2D eigenvalue weighted by Gasteiger charge is 2.39. The van der Waals surface area contributed by atoms with Gasteiger partial charge in [-0.3, -0.25) is 14.6 Å². The van der Waals surface area contributed by atoms with E-state index in [9.17, 15) is 13.2 Å². The summed E-state index contributed by atoms with van der Waals surface area (Å²) >= 11 is 0. The van der Waals surface area contributed by atoms with E-state index in [1.54, 1.807) is 0 Å². The van der Waals surface area contributed by atoms with Gasteiger partial charge >= 0.3 is 0 Å². The molecule has 0 aromatic heterocycles. The quantitative estimate of drug-likeness (QED) is 0.687. The van der Waals surface area contributed by atoms with Crippen LogP contribution in [0.1, 0.15) is 43.2 Å². The van der Waals surface area contributed by atoms with Crippen molar-refractivity contribution in [2.45, 2.75) is 57.7 Å². The van der Waals surface area contributed by atoms with E-state index in [4.69, 9.17) is 0 Å². The van der Waals surface area contributed by atoms with E-state index in [-0.39, 0.29) is 29.5 Å². The standard InChI is InChI=1S/C23H35N3O3S/c1-19-6-2-3-7-20(19)16-24-11-13-25(14-12-24)17-23(27)26(21-8-4-5-9-21)22-10-15-30(28,29)18-22/h2-3,6-7,21-22H,4-5,8-18H2,1H3. The first-order valence-electron chi connectivity index (χ1n) is 11.4. The first-order chi connectivity index (χ1) is 14.4. The van der Waals surface area contributed by atoms with Crippen molar-refractivity contribution in [1.29, 1.82) is 0 Å². The molecular weight excluding hydrogens is 398 g/mol. The SMILES string of the molecule is Cc1ccccc1CN1CCN(CC(=O)N(C2CCCC2)C2CCS(=O)(=O)C2)CC1. The Labute approximate surface area is 181 Å². The number of rotatable bonds is 6. The summed E-state index contributed by atoms with van der Waals surface area (Å²) < 4.78 is 24.1. The van der Waals surface area contributed by atoms with Gasteiger partial charge in [-0.15, -0.1) is 0 Å². The summed E-state index contributed by atoms with van der Waals surface area (Å²) in [6, 6.07) is 8.64. The van der Waals surface area contributed by atoms with Crippen molar-refractivity contribution in [3.63, 3.8) is 0 Å². The molecule has 166 valence electrons. The molecule has 30 heavy (non-hydrogen) atoms. The largest absolute Gasteiger partial charge is 0.335 e. The zero-order chi connectivity index (χ0) is 21.1. The lowest BCUT2D eigenvalue weighted by molar-refractivity contribution is -0.137. The van der Waals surface area contributed by atoms with Crippen LogP contribution in [0.25, 0.3) is 0 Å². The smallest absolute Gasteiger partial charge is 0.237 e. The summed E-state index contributed by atoms with van der Waals surface area (Å²) in [6.45, 7) is 7.24. The molecule has 1 aliphatic carbocycles. The van der Waals surface area contributed by atoms with Gasteiger partial charge in [0.05, 0.1) is 18.1 Å². The van der Waals surface area contributed by atoms with Crippen molar-refractivity contribution in [2.24, 2.45) is 0 Å². The van der Waals surface area contributed by atoms with Crippen molar-refractivity contribution in [1.82, 2.24) is 14.7 Å². The van der Waals surface area contributed by atoms with E-state index < -0.39 is 9.84 Å². The van der Waals surface area contributed by atoms with Crippen molar-refractivity contribution < 1.29 is 13.2 Å². The highest BCUT2D eigenvalue weighted by Crippen LogP contribution is 2.29. The Morgan fingerprint density at radius 2 is 1.67 bits per heavy atom. The maximum atomic E-state index is 13.3. The number of carbonyl (C=O) groups excluding carboxylic acids is 1. The molecule has 2 heterocycles. The van der Waals surface area contributed by atoms with Crippen LogP contribution in [0.2, 0.25) is 0 Å². The van der Waals surface area contributed by atoms with E-state index in [2.05, 4.69) is 41.0 Å². The lowest BCUT2D eigenvalue weighted by Crippen LogP contribution is -2.53. The summed E-state index contributed by atoms with van der Waals surface area (Å²) in [6.07, 6.45) is 4.94. The van der Waals surface area contributed by atoms with E-state index in [0.717, 1.165) is 58.4 Å². The minimum atomic E-state index is -2.99. The second-order valence-corrected chi connectivity index (χ2v) is 11.5. The second kappa shape index (κ2) is 9.37. The van der Waals surface area contributed by atoms with Gasteiger partial charge in [0.1, 0.15) is 0 Å². The topological polar surface area (TPSA) is 60.9 Å². The van der Waals surface area contributed by atoms with Gasteiger partial charge in [0, 0.05) is 44.8 Å². The van der Waals surface area contributed by atoms with E-state index >= 15 is 0 Å². The molecule has 6 nitrogen and oxygen atoms in total. The average Bonchev–Trinajstić information content (AvgIpc) is 3.35. The highest BCUT2D eigenvalue weighted by atomic mass is 32.2. The molecule has 2 saturated heterocycles. The Balaban J connectivity index is 1.33. The molecule has 0 radical (unpaired) electrons. The van der Waals surface area contributed by atoms with Gasteiger partial charge in [-0.25, -0.2) is 8.42 Å². The summed E-state index contributed by atoms with van der Waals surface area (Å²) in [5.74, 6) is 0.516. The maximum Gasteiger partial charge on any atom is 0.237 e. The van der Waals surface area contributed by atoms with Gasteiger partial charge in [0.15, 0.2) is 9.84 Å². The Hall–Kier alpha value is -1.44. The Kier molecular flexibility index (Phi) is 6.80. The predicted molar refractivity (Wildman–Crippen MR) is 119 cm³/mol. The van der Waals surface area contributed by atoms with Gasteiger partial charge in [0.25, 0.3) is 0 Å². The van der Waals surface area contributed by atoms with E-state index in [0.29, 0.717) is 13.0 Å². The molecule has 1 saturated carbocycles. The normalized spacial score (nSPS) is 25.6. The zero-order valence-electron chi connectivity index (χ0n) is 18.1. The summed E-state index contributed by atoms with van der Waals surface area (Å²) in [5.41, 5.74) is 2.70. The summed E-state index contributed by atoms with van der Waals surface area (Å²) in [5, 5.41) is 0. The number of hydrogen-bond acceptors (Lipinski definition) is 5. The molecule has 1 aromatic rings. The molecule has 0 N–H and O–H groups in total. The van der Waals surface area contributed by atoms with Crippen molar-refractivity contribution >= 4 is 15.7 Å². The van der Waals surface area contributed by atoms with Crippen molar-refractivity contribution in [2.75, 3.05) is 44.2 Å². The van der Waals surface area contributed by atoms with Gasteiger partial charge in [-0.1, -0.05) is 37.1 Å². The van der Waals surface area contributed by atoms with Crippen LogP contribution in [-0.2, 0) is 21.2 Å². The van der Waals surface area contributed by atoms with Gasteiger partial charge < -0.3 is 4.90 Å². The molecule has 2 aliphatic heterocycles. The molecule has 3 aliphatic rings. The number of amides is 1. The number of benzene rings is 1. The van der Waals surface area contributed by atoms with Gasteiger partial charge in [-0.2, -0.15) is 0 Å². The number of carbonyl (C=O) groups is 1. The molecule has 7 heteroatoms. The predicted octanol–water partition coefficient (Wildman–Crippen LogP) is 2.07. The molecular formula is C23H35N3O3S. The Morgan fingerprint density at radius 3 is 2.30 bits per heavy atom. The number of piperazine rings is 1. The lowest BCUT2D eigenvalue weighted by atomic mass is 10.1. The fourth-order valence-corrected chi connectivity index (χ4v) is 7.00. The van der Waals surface area contributed by atoms with Crippen LogP contribution in [0.15, 0.2) is 24.3 Å². The molecule has 1 atom stereocenters. The van der Waals surface area contributed by atoms with Crippen LogP contribution >= 0.6 is 0 Å². The van der Waals surface area contributed by atoms with E-state index in [1.807, 2.05) is 4.90 Å². The first kappa shape index (κ1) is 21.8. The molecule has 3 fully saturated rings. The van der Waals surface area contributed by atoms with Gasteiger partial charge in [-0.05, 0) is 37.3 Å². The number of aryl methyl sites for hydroxylation is 1. The molecule has 0 bridgehead atoms. The zero-order valence-corrected chi connectivity index (χ0v) is 18.9. The first-order valence-corrected chi connectivity index (χ1v) is 13.2. The molecule has 4 rings (SSSR count). The minimum Gasteiger partial charge on any atom is -0.335 e. The Morgan fingerprint density at radius 1 is 1.00 bits per heavy atom. The second-order valence-electron chi connectivity index (χ2n) is 9.27. The monoisotopic (exact) mass is 433 g/mol. The van der Waals surface area contributed by atoms with Crippen LogP contribution in [0, 0.1) is 6.92 Å². The number of hydrogen-bond donors (Lipinski definition) is 0. The third-order valence-corrected chi connectivity index (χ3v) is 8.84. The van der Waals surface area contributed by atoms with Crippen LogP contribution in [-0.4, -0.2) is 85.3 Å². The molecule has 1 amide bonds. The fourth-order valence-electron chi connectivity index (χ4n) is 5.29. The number of nitrogens with zero attached hydrogens (tertiary/aromatic N) is 3. The summed E-state index contributed by atoms with van der Waals surface area (Å²) in [7, 11) is -2.99. The molecule has 0 spiro atoms. The third-order valence-electron chi connectivity index (χ3n) is 7.09. The van der Waals surface area contributed by atoms with Crippen LogP contribution in [0.5, 0.6) is 0 Å². The van der Waals surface area contributed by atoms with Crippen LogP contribution in [0.4, 0.5) is 0 Å².